The van der Waals surface area contributed by atoms with Crippen molar-refractivity contribution < 1.29 is 22.3 Å². The molecule has 0 atom stereocenters. The second-order valence-electron chi connectivity index (χ2n) is 4.52. The molecule has 0 aliphatic heterocycles. The molecule has 1 nitrogen and oxygen atoms in total. The maximum Gasteiger partial charge on any atom is 0.387 e. The third-order valence-electron chi connectivity index (χ3n) is 3.30. The summed E-state index contributed by atoms with van der Waals surface area (Å²) < 4.78 is 54.5. The molecule has 0 spiro atoms. The molecule has 0 amide bonds. The summed E-state index contributed by atoms with van der Waals surface area (Å²) in [6.07, 6.45) is 1.50. The van der Waals surface area contributed by atoms with E-state index < -0.39 is 24.3 Å². The van der Waals surface area contributed by atoms with E-state index in [9.17, 15) is 17.6 Å². The summed E-state index contributed by atoms with van der Waals surface area (Å²) in [5.41, 5.74) is 0.723. The molecule has 1 fully saturated rings. The zero-order chi connectivity index (χ0) is 13.1. The summed E-state index contributed by atoms with van der Waals surface area (Å²) in [5.74, 6) is -1.14. The van der Waals surface area contributed by atoms with Crippen molar-refractivity contribution in [1.29, 1.82) is 0 Å². The Morgan fingerprint density at radius 3 is 2.33 bits per heavy atom. The largest absolute Gasteiger partial charge is 0.432 e. The molecule has 1 aliphatic carbocycles. The molecule has 1 aromatic rings. The number of halogens is 4. The van der Waals surface area contributed by atoms with Gasteiger partial charge in [-0.2, -0.15) is 8.78 Å². The molecule has 0 saturated heterocycles. The average molecular weight is 262 g/mol. The lowest BCUT2D eigenvalue weighted by Gasteiger charge is -2.24. The van der Waals surface area contributed by atoms with Gasteiger partial charge < -0.3 is 4.74 Å². The van der Waals surface area contributed by atoms with Crippen LogP contribution in [0.25, 0.3) is 0 Å². The molecule has 0 heterocycles. The summed E-state index contributed by atoms with van der Waals surface area (Å²) in [4.78, 5) is 0. The molecule has 0 unspecified atom stereocenters. The zero-order valence-electron chi connectivity index (χ0n) is 9.71. The normalized spacial score (nSPS) is 24.3. The van der Waals surface area contributed by atoms with Gasteiger partial charge in [0.05, 0.1) is 0 Å². The minimum atomic E-state index is -3.03. The van der Waals surface area contributed by atoms with E-state index in [-0.39, 0.29) is 5.92 Å². The molecular weight excluding hydrogens is 248 g/mol. The van der Waals surface area contributed by atoms with E-state index in [0.29, 0.717) is 25.7 Å². The fourth-order valence-electron chi connectivity index (χ4n) is 2.35. The van der Waals surface area contributed by atoms with Crippen LogP contribution in [0.5, 0.6) is 5.75 Å². The molecule has 1 saturated carbocycles. The number of alkyl halides is 3. The van der Waals surface area contributed by atoms with E-state index in [1.54, 1.807) is 6.07 Å². The van der Waals surface area contributed by atoms with Crippen LogP contribution in [-0.2, 0) is 0 Å². The first-order chi connectivity index (χ1) is 8.56. The highest BCUT2D eigenvalue weighted by molar-refractivity contribution is 5.31. The van der Waals surface area contributed by atoms with Crippen LogP contribution >= 0.6 is 0 Å². The fourth-order valence-corrected chi connectivity index (χ4v) is 2.35. The quantitative estimate of drug-likeness (QED) is 0.732. The van der Waals surface area contributed by atoms with Crippen LogP contribution < -0.4 is 4.74 Å². The molecule has 18 heavy (non-hydrogen) atoms. The van der Waals surface area contributed by atoms with Gasteiger partial charge in [0.15, 0.2) is 11.6 Å². The van der Waals surface area contributed by atoms with Gasteiger partial charge >= 0.3 is 6.61 Å². The van der Waals surface area contributed by atoms with Gasteiger partial charge in [-0.25, -0.2) is 8.78 Å². The van der Waals surface area contributed by atoms with Crippen LogP contribution in [0.2, 0.25) is 0 Å². The monoisotopic (exact) mass is 262 g/mol. The van der Waals surface area contributed by atoms with Gasteiger partial charge in [-0.05, 0) is 49.3 Å². The lowest BCUT2D eigenvalue weighted by Crippen LogP contribution is -2.14. The second-order valence-corrected chi connectivity index (χ2v) is 4.52. The van der Waals surface area contributed by atoms with Gasteiger partial charge in [0.1, 0.15) is 6.17 Å². The molecule has 5 heteroatoms. The van der Waals surface area contributed by atoms with Gasteiger partial charge in [-0.1, -0.05) is 6.07 Å². The maximum absolute atomic E-state index is 13.5. The number of benzene rings is 1. The molecule has 0 aromatic heterocycles. The Labute approximate surface area is 103 Å². The van der Waals surface area contributed by atoms with E-state index in [1.807, 2.05) is 0 Å². The first kappa shape index (κ1) is 13.2. The fraction of sp³-hybridized carbons (Fsp3) is 0.538. The number of rotatable bonds is 3. The highest BCUT2D eigenvalue weighted by Crippen LogP contribution is 2.35. The van der Waals surface area contributed by atoms with Gasteiger partial charge in [0.25, 0.3) is 0 Å². The van der Waals surface area contributed by atoms with Crippen molar-refractivity contribution >= 4 is 0 Å². The Bertz CT molecular complexity index is 400. The standard InChI is InChI=1S/C13H14F4O/c14-10-4-1-8(2-5-10)9-3-6-12(11(15)7-9)18-13(16)17/h3,6-8,10,13H,1-2,4-5H2. The SMILES string of the molecule is Fc1cc(C2CCC(F)CC2)ccc1OC(F)F. The zero-order valence-corrected chi connectivity index (χ0v) is 9.71. The van der Waals surface area contributed by atoms with Crippen LogP contribution in [-0.4, -0.2) is 12.8 Å². The van der Waals surface area contributed by atoms with Crippen LogP contribution in [0.4, 0.5) is 17.6 Å². The predicted octanol–water partition coefficient (Wildman–Crippen LogP) is 4.42. The Morgan fingerprint density at radius 1 is 1.11 bits per heavy atom. The second kappa shape index (κ2) is 5.59. The summed E-state index contributed by atoms with van der Waals surface area (Å²) in [7, 11) is 0. The van der Waals surface area contributed by atoms with Crippen LogP contribution in [0.1, 0.15) is 37.2 Å². The van der Waals surface area contributed by atoms with Crippen LogP contribution in [0, 0.1) is 5.82 Å². The Hall–Kier alpha value is -1.26. The van der Waals surface area contributed by atoms with Crippen molar-refractivity contribution in [3.05, 3.63) is 29.6 Å². The lowest BCUT2D eigenvalue weighted by atomic mass is 9.83. The van der Waals surface area contributed by atoms with E-state index >= 15 is 0 Å². The number of hydrogen-bond donors (Lipinski definition) is 0. The van der Waals surface area contributed by atoms with E-state index in [0.717, 1.165) is 5.56 Å². The van der Waals surface area contributed by atoms with Gasteiger partial charge in [-0.3, -0.25) is 0 Å². The topological polar surface area (TPSA) is 9.23 Å². The van der Waals surface area contributed by atoms with Crippen molar-refractivity contribution in [2.24, 2.45) is 0 Å². The minimum absolute atomic E-state index is 0.104. The van der Waals surface area contributed by atoms with Gasteiger partial charge in [0, 0.05) is 0 Å². The minimum Gasteiger partial charge on any atom is -0.432 e. The Balaban J connectivity index is 2.08. The van der Waals surface area contributed by atoms with Crippen molar-refractivity contribution in [3.8, 4) is 5.75 Å². The Morgan fingerprint density at radius 2 is 1.78 bits per heavy atom. The third-order valence-corrected chi connectivity index (χ3v) is 3.30. The highest BCUT2D eigenvalue weighted by atomic mass is 19.3. The van der Waals surface area contributed by atoms with Crippen molar-refractivity contribution in [1.82, 2.24) is 0 Å². The number of hydrogen-bond acceptors (Lipinski definition) is 1. The van der Waals surface area contributed by atoms with E-state index in [2.05, 4.69) is 4.74 Å². The molecule has 2 rings (SSSR count). The van der Waals surface area contributed by atoms with E-state index in [1.165, 1.54) is 12.1 Å². The predicted molar refractivity (Wildman–Crippen MR) is 59.1 cm³/mol. The molecule has 0 bridgehead atoms. The third kappa shape index (κ3) is 3.15. The van der Waals surface area contributed by atoms with Gasteiger partial charge in [0.2, 0.25) is 0 Å². The summed E-state index contributed by atoms with van der Waals surface area (Å²) in [5, 5.41) is 0. The van der Waals surface area contributed by atoms with Crippen molar-refractivity contribution in [2.45, 2.75) is 44.4 Å². The number of ether oxygens (including phenoxy) is 1. The smallest absolute Gasteiger partial charge is 0.387 e. The molecule has 0 N–H and O–H groups in total. The van der Waals surface area contributed by atoms with Crippen molar-refractivity contribution in [2.75, 3.05) is 0 Å². The first-order valence-corrected chi connectivity index (χ1v) is 5.94. The average Bonchev–Trinajstić information content (AvgIpc) is 2.32. The van der Waals surface area contributed by atoms with Crippen molar-refractivity contribution in [3.63, 3.8) is 0 Å². The first-order valence-electron chi connectivity index (χ1n) is 5.94. The van der Waals surface area contributed by atoms with E-state index in [4.69, 9.17) is 0 Å². The molecule has 1 aromatic carbocycles. The maximum atomic E-state index is 13.5. The lowest BCUT2D eigenvalue weighted by molar-refractivity contribution is -0.0522. The Kier molecular flexibility index (Phi) is 4.09. The highest BCUT2D eigenvalue weighted by Gasteiger charge is 2.23. The van der Waals surface area contributed by atoms with Gasteiger partial charge in [-0.15, -0.1) is 0 Å². The molecule has 0 radical (unpaired) electrons. The molecule has 1 aliphatic rings. The van der Waals surface area contributed by atoms with Crippen LogP contribution in [0.15, 0.2) is 18.2 Å². The van der Waals surface area contributed by atoms with Crippen LogP contribution in [0.3, 0.4) is 0 Å². The summed E-state index contributed by atoms with van der Waals surface area (Å²) in [6, 6.07) is 3.99. The molecular formula is C13H14F4O. The molecule has 100 valence electrons. The summed E-state index contributed by atoms with van der Waals surface area (Å²) >= 11 is 0. The summed E-state index contributed by atoms with van der Waals surface area (Å²) in [6.45, 7) is -3.03.